The molecule has 5 nitrogen and oxygen atoms in total. The summed E-state index contributed by atoms with van der Waals surface area (Å²) in [6.07, 6.45) is -1.27. The third-order valence-corrected chi connectivity index (χ3v) is 2.18. The molecule has 0 spiro atoms. The Balaban J connectivity index is 3.46. The summed E-state index contributed by atoms with van der Waals surface area (Å²) in [5.41, 5.74) is 5.04. The largest absolute Gasteiger partial charge is 0.505 e. The Morgan fingerprint density at radius 1 is 1.44 bits per heavy atom. The number of aliphatic hydroxyl groups is 1. The summed E-state index contributed by atoms with van der Waals surface area (Å²) in [4.78, 5) is 0. The molecule has 4 N–H and O–H groups in total. The molecule has 0 bridgehead atoms. The van der Waals surface area contributed by atoms with Crippen molar-refractivity contribution in [1.82, 2.24) is 0 Å². The van der Waals surface area contributed by atoms with Crippen molar-refractivity contribution in [2.75, 3.05) is 20.8 Å². The zero-order valence-electron chi connectivity index (χ0n) is 9.03. The summed E-state index contributed by atoms with van der Waals surface area (Å²) in [6, 6.07) is 1.07. The van der Waals surface area contributed by atoms with Gasteiger partial charge in [0.2, 0.25) is 0 Å². The molecule has 0 fully saturated rings. The smallest absolute Gasteiger partial charge is 0.174 e. The molecule has 1 unspecified atom stereocenters. The maximum absolute atomic E-state index is 13.6. The van der Waals surface area contributed by atoms with Crippen LogP contribution in [0.25, 0.3) is 0 Å². The fourth-order valence-electron chi connectivity index (χ4n) is 1.40. The van der Waals surface area contributed by atoms with Gasteiger partial charge in [0.05, 0.1) is 25.9 Å². The standard InChI is InChI=1S/C10H14FNO4/c1-15-7-3-5(13)9(11)8(6(14)4-12)10(7)16-2/h3,6,13-14H,4,12H2,1-2H3. The number of hydrogen-bond acceptors (Lipinski definition) is 5. The number of phenolic OH excluding ortho intramolecular Hbond substituents is 1. The van der Waals surface area contributed by atoms with Crippen molar-refractivity contribution in [3.05, 3.63) is 17.4 Å². The van der Waals surface area contributed by atoms with Crippen LogP contribution in [0.2, 0.25) is 0 Å². The number of methoxy groups -OCH3 is 2. The van der Waals surface area contributed by atoms with E-state index in [-0.39, 0.29) is 23.6 Å². The molecule has 90 valence electrons. The minimum absolute atomic E-state index is 0.0238. The molecule has 0 radical (unpaired) electrons. The number of hydrogen-bond donors (Lipinski definition) is 3. The second-order valence-electron chi connectivity index (χ2n) is 3.11. The Morgan fingerprint density at radius 2 is 2.06 bits per heavy atom. The van der Waals surface area contributed by atoms with Gasteiger partial charge < -0.3 is 25.4 Å². The van der Waals surface area contributed by atoms with Crippen LogP contribution in [-0.4, -0.2) is 31.0 Å². The zero-order valence-corrected chi connectivity index (χ0v) is 9.03. The highest BCUT2D eigenvalue weighted by Gasteiger charge is 2.24. The first kappa shape index (κ1) is 12.5. The van der Waals surface area contributed by atoms with Crippen LogP contribution in [0.3, 0.4) is 0 Å². The summed E-state index contributed by atoms with van der Waals surface area (Å²) in [7, 11) is 2.65. The van der Waals surface area contributed by atoms with Gasteiger partial charge in [0.1, 0.15) is 0 Å². The molecule has 0 saturated carbocycles. The number of aromatic hydroxyl groups is 1. The normalized spacial score (nSPS) is 12.3. The number of aliphatic hydroxyl groups excluding tert-OH is 1. The lowest BCUT2D eigenvalue weighted by atomic mass is 10.1. The first-order valence-electron chi connectivity index (χ1n) is 4.58. The molecule has 0 aliphatic carbocycles. The summed E-state index contributed by atoms with van der Waals surface area (Å²) in [6.45, 7) is -0.195. The Hall–Kier alpha value is -1.53. The highest BCUT2D eigenvalue weighted by Crippen LogP contribution is 2.40. The Morgan fingerprint density at radius 3 is 2.50 bits per heavy atom. The van der Waals surface area contributed by atoms with Crippen LogP contribution in [-0.2, 0) is 0 Å². The second-order valence-corrected chi connectivity index (χ2v) is 3.11. The van der Waals surface area contributed by atoms with Gasteiger partial charge in [-0.3, -0.25) is 0 Å². The topological polar surface area (TPSA) is 84.9 Å². The van der Waals surface area contributed by atoms with Gasteiger partial charge in [0.25, 0.3) is 0 Å². The van der Waals surface area contributed by atoms with E-state index in [0.717, 1.165) is 6.07 Å². The first-order valence-corrected chi connectivity index (χ1v) is 4.58. The van der Waals surface area contributed by atoms with Crippen LogP contribution in [0, 0.1) is 5.82 Å². The molecular weight excluding hydrogens is 217 g/mol. The predicted molar refractivity (Wildman–Crippen MR) is 55.2 cm³/mol. The van der Waals surface area contributed by atoms with Crippen molar-refractivity contribution in [3.63, 3.8) is 0 Å². The van der Waals surface area contributed by atoms with E-state index in [0.29, 0.717) is 0 Å². The zero-order chi connectivity index (χ0) is 12.3. The first-order chi connectivity index (χ1) is 7.56. The molecule has 0 amide bonds. The van der Waals surface area contributed by atoms with Gasteiger partial charge >= 0.3 is 0 Å². The summed E-state index contributed by atoms with van der Waals surface area (Å²) in [5.74, 6) is -1.43. The van der Waals surface area contributed by atoms with Gasteiger partial charge in [0, 0.05) is 12.6 Å². The van der Waals surface area contributed by atoms with Gasteiger partial charge in [-0.2, -0.15) is 0 Å². The maximum atomic E-state index is 13.6. The van der Waals surface area contributed by atoms with Crippen LogP contribution < -0.4 is 15.2 Å². The van der Waals surface area contributed by atoms with Crippen LogP contribution >= 0.6 is 0 Å². The monoisotopic (exact) mass is 231 g/mol. The van der Waals surface area contributed by atoms with Crippen molar-refractivity contribution in [1.29, 1.82) is 0 Å². The SMILES string of the molecule is COc1cc(O)c(F)c(C(O)CN)c1OC. The number of rotatable bonds is 4. The molecule has 1 atom stereocenters. The quantitative estimate of drug-likeness (QED) is 0.704. The van der Waals surface area contributed by atoms with Crippen LogP contribution in [0.1, 0.15) is 11.7 Å². The highest BCUT2D eigenvalue weighted by molar-refractivity contribution is 5.53. The Bertz CT molecular complexity index is 384. The molecule has 1 aromatic rings. The van der Waals surface area contributed by atoms with Crippen LogP contribution in [0.15, 0.2) is 6.07 Å². The molecule has 6 heteroatoms. The van der Waals surface area contributed by atoms with Gasteiger partial charge in [-0.15, -0.1) is 0 Å². The lowest BCUT2D eigenvalue weighted by molar-refractivity contribution is 0.174. The summed E-state index contributed by atoms with van der Waals surface area (Å²) in [5, 5.41) is 18.9. The second kappa shape index (κ2) is 5.00. The molecule has 0 heterocycles. The van der Waals surface area contributed by atoms with E-state index in [4.69, 9.17) is 15.2 Å². The number of nitrogens with two attached hydrogens (primary N) is 1. The molecule has 1 aromatic carbocycles. The Labute approximate surface area is 92.2 Å². The minimum atomic E-state index is -1.27. The minimum Gasteiger partial charge on any atom is -0.505 e. The van der Waals surface area contributed by atoms with E-state index in [1.807, 2.05) is 0 Å². The highest BCUT2D eigenvalue weighted by atomic mass is 19.1. The van der Waals surface area contributed by atoms with E-state index >= 15 is 0 Å². The summed E-state index contributed by atoms with van der Waals surface area (Å²) < 4.78 is 23.4. The van der Waals surface area contributed by atoms with Crippen molar-refractivity contribution in [3.8, 4) is 17.2 Å². The molecule has 0 saturated heterocycles. The van der Waals surface area contributed by atoms with Crippen molar-refractivity contribution >= 4 is 0 Å². The van der Waals surface area contributed by atoms with E-state index in [1.165, 1.54) is 14.2 Å². The van der Waals surface area contributed by atoms with E-state index < -0.39 is 17.7 Å². The fourth-order valence-corrected chi connectivity index (χ4v) is 1.40. The number of phenols is 1. The van der Waals surface area contributed by atoms with Gasteiger partial charge in [-0.05, 0) is 0 Å². The molecule has 0 aliphatic heterocycles. The summed E-state index contributed by atoms with van der Waals surface area (Å²) >= 11 is 0. The van der Waals surface area contributed by atoms with E-state index in [2.05, 4.69) is 0 Å². The van der Waals surface area contributed by atoms with E-state index in [9.17, 15) is 14.6 Å². The molecule has 0 aliphatic rings. The lowest BCUT2D eigenvalue weighted by Crippen LogP contribution is -2.14. The average molecular weight is 231 g/mol. The molecule has 0 aromatic heterocycles. The fraction of sp³-hybridized carbons (Fsp3) is 0.400. The Kier molecular flexibility index (Phi) is 3.92. The van der Waals surface area contributed by atoms with Crippen molar-refractivity contribution < 1.29 is 24.1 Å². The van der Waals surface area contributed by atoms with E-state index in [1.54, 1.807) is 0 Å². The lowest BCUT2D eigenvalue weighted by Gasteiger charge is -2.17. The van der Waals surface area contributed by atoms with Crippen LogP contribution in [0.4, 0.5) is 4.39 Å². The number of halogens is 1. The third-order valence-electron chi connectivity index (χ3n) is 2.18. The van der Waals surface area contributed by atoms with Crippen molar-refractivity contribution in [2.45, 2.75) is 6.10 Å². The van der Waals surface area contributed by atoms with Gasteiger partial charge in [-0.25, -0.2) is 4.39 Å². The van der Waals surface area contributed by atoms with Crippen LogP contribution in [0.5, 0.6) is 17.2 Å². The molecule has 1 rings (SSSR count). The molecule has 16 heavy (non-hydrogen) atoms. The number of benzene rings is 1. The maximum Gasteiger partial charge on any atom is 0.174 e. The average Bonchev–Trinajstić information content (AvgIpc) is 2.30. The number of ether oxygens (including phenoxy) is 2. The van der Waals surface area contributed by atoms with Gasteiger partial charge in [-0.1, -0.05) is 0 Å². The van der Waals surface area contributed by atoms with Gasteiger partial charge in [0.15, 0.2) is 23.1 Å². The molecular formula is C10H14FNO4. The predicted octanol–water partition coefficient (Wildman–Crippen LogP) is 0.541. The third kappa shape index (κ3) is 2.02. The van der Waals surface area contributed by atoms with Crippen molar-refractivity contribution in [2.24, 2.45) is 5.73 Å².